The molecule has 0 aliphatic rings. The lowest BCUT2D eigenvalue weighted by molar-refractivity contribution is -0.131. The van der Waals surface area contributed by atoms with Gasteiger partial charge in [-0.05, 0) is 37.1 Å². The van der Waals surface area contributed by atoms with Crippen molar-refractivity contribution in [3.8, 4) is 5.75 Å². The van der Waals surface area contributed by atoms with Crippen LogP contribution in [0.1, 0.15) is 34.0 Å². The van der Waals surface area contributed by atoms with Crippen LogP contribution in [0.5, 0.6) is 5.75 Å². The molecule has 102 valence electrons. The predicted molar refractivity (Wildman–Crippen MR) is 77.1 cm³/mol. The van der Waals surface area contributed by atoms with Crippen LogP contribution in [-0.4, -0.2) is 11.8 Å². The Kier molecular flexibility index (Phi) is 3.99. The van der Waals surface area contributed by atoms with Crippen LogP contribution in [0.2, 0.25) is 0 Å². The van der Waals surface area contributed by atoms with E-state index in [9.17, 15) is 9.59 Å². The number of carbonyl (C=O) groups is 2. The van der Waals surface area contributed by atoms with Gasteiger partial charge in [0.15, 0.2) is 5.78 Å². The first-order chi connectivity index (χ1) is 9.49. The summed E-state index contributed by atoms with van der Waals surface area (Å²) in [7, 11) is 0. The van der Waals surface area contributed by atoms with E-state index in [-0.39, 0.29) is 5.78 Å². The van der Waals surface area contributed by atoms with Gasteiger partial charge in [0.2, 0.25) is 0 Å². The number of hydrogen-bond acceptors (Lipinski definition) is 3. The topological polar surface area (TPSA) is 43.4 Å². The third-order valence-electron chi connectivity index (χ3n) is 3.07. The molecule has 0 unspecified atom stereocenters. The first-order valence-electron chi connectivity index (χ1n) is 6.38. The summed E-state index contributed by atoms with van der Waals surface area (Å²) in [6, 6.07) is 12.4. The van der Waals surface area contributed by atoms with Crippen molar-refractivity contribution in [2.45, 2.75) is 20.8 Å². The first kappa shape index (κ1) is 14.0. The Hall–Kier alpha value is -2.42. The minimum Gasteiger partial charge on any atom is -0.427 e. The van der Waals surface area contributed by atoms with Crippen molar-refractivity contribution < 1.29 is 14.3 Å². The van der Waals surface area contributed by atoms with Crippen LogP contribution in [0.25, 0.3) is 0 Å². The second-order valence-corrected chi connectivity index (χ2v) is 4.72. The van der Waals surface area contributed by atoms with Crippen LogP contribution in [0.15, 0.2) is 42.5 Å². The van der Waals surface area contributed by atoms with Gasteiger partial charge in [-0.3, -0.25) is 9.59 Å². The van der Waals surface area contributed by atoms with Gasteiger partial charge in [-0.25, -0.2) is 0 Å². The minimum absolute atomic E-state index is 0.0606. The Morgan fingerprint density at radius 1 is 0.950 bits per heavy atom. The van der Waals surface area contributed by atoms with Gasteiger partial charge in [0.25, 0.3) is 0 Å². The quantitative estimate of drug-likeness (QED) is 0.486. The minimum atomic E-state index is -0.401. The molecule has 20 heavy (non-hydrogen) atoms. The largest absolute Gasteiger partial charge is 0.427 e. The monoisotopic (exact) mass is 268 g/mol. The summed E-state index contributed by atoms with van der Waals surface area (Å²) in [5.41, 5.74) is 3.09. The Morgan fingerprint density at radius 3 is 2.15 bits per heavy atom. The summed E-state index contributed by atoms with van der Waals surface area (Å²) >= 11 is 0. The smallest absolute Gasteiger partial charge is 0.308 e. The van der Waals surface area contributed by atoms with E-state index in [1.165, 1.54) is 6.92 Å². The van der Waals surface area contributed by atoms with E-state index in [4.69, 9.17) is 4.74 Å². The average molecular weight is 268 g/mol. The fourth-order valence-electron chi connectivity index (χ4n) is 2.18. The Labute approximate surface area is 118 Å². The molecule has 0 aliphatic heterocycles. The van der Waals surface area contributed by atoms with Crippen LogP contribution in [0.4, 0.5) is 0 Å². The van der Waals surface area contributed by atoms with E-state index in [0.717, 1.165) is 11.1 Å². The molecular weight excluding hydrogens is 252 g/mol. The third kappa shape index (κ3) is 2.94. The van der Waals surface area contributed by atoms with Crippen molar-refractivity contribution in [2.24, 2.45) is 0 Å². The van der Waals surface area contributed by atoms with E-state index in [0.29, 0.717) is 16.9 Å². The molecule has 3 nitrogen and oxygen atoms in total. The summed E-state index contributed by atoms with van der Waals surface area (Å²) in [6.45, 7) is 5.16. The molecule has 0 saturated carbocycles. The molecule has 0 fully saturated rings. The van der Waals surface area contributed by atoms with E-state index < -0.39 is 5.97 Å². The van der Waals surface area contributed by atoms with Gasteiger partial charge in [0.05, 0.1) is 0 Å². The zero-order chi connectivity index (χ0) is 14.7. The van der Waals surface area contributed by atoms with Gasteiger partial charge < -0.3 is 4.74 Å². The Bertz CT molecular complexity index is 651. The number of benzene rings is 2. The molecule has 0 heterocycles. The highest BCUT2D eigenvalue weighted by molar-refractivity contribution is 6.11. The van der Waals surface area contributed by atoms with Crippen molar-refractivity contribution in [3.05, 3.63) is 64.7 Å². The van der Waals surface area contributed by atoms with Gasteiger partial charge in [-0.15, -0.1) is 0 Å². The second kappa shape index (κ2) is 5.70. The molecule has 0 atom stereocenters. The van der Waals surface area contributed by atoms with E-state index in [1.54, 1.807) is 24.3 Å². The van der Waals surface area contributed by atoms with Crippen LogP contribution < -0.4 is 4.74 Å². The lowest BCUT2D eigenvalue weighted by Crippen LogP contribution is -2.07. The standard InChI is InChI=1S/C17H16O3/c1-11-6-4-7-12(2)16(11)17(19)14-8-5-9-15(10-14)20-13(3)18/h4-10H,1-3H3. The number of esters is 1. The van der Waals surface area contributed by atoms with Crippen LogP contribution in [0.3, 0.4) is 0 Å². The highest BCUT2D eigenvalue weighted by atomic mass is 16.5. The summed E-state index contributed by atoms with van der Waals surface area (Å²) in [4.78, 5) is 23.6. The third-order valence-corrected chi connectivity index (χ3v) is 3.07. The Balaban J connectivity index is 2.41. The van der Waals surface area contributed by atoms with Gasteiger partial charge in [0.1, 0.15) is 5.75 Å². The van der Waals surface area contributed by atoms with E-state index in [1.807, 2.05) is 32.0 Å². The molecule has 0 spiro atoms. The zero-order valence-electron chi connectivity index (χ0n) is 11.8. The summed E-state index contributed by atoms with van der Waals surface area (Å²) < 4.78 is 5.01. The lowest BCUT2D eigenvalue weighted by Gasteiger charge is -2.09. The van der Waals surface area contributed by atoms with Crippen LogP contribution in [-0.2, 0) is 4.79 Å². The maximum absolute atomic E-state index is 12.6. The number of carbonyl (C=O) groups excluding carboxylic acids is 2. The SMILES string of the molecule is CC(=O)Oc1cccc(C(=O)c2c(C)cccc2C)c1. The Morgan fingerprint density at radius 2 is 1.55 bits per heavy atom. The molecule has 0 aliphatic carbocycles. The molecule has 2 aromatic rings. The molecule has 2 aromatic carbocycles. The summed E-state index contributed by atoms with van der Waals surface area (Å²) in [6.07, 6.45) is 0. The normalized spacial score (nSPS) is 10.2. The lowest BCUT2D eigenvalue weighted by atomic mass is 9.95. The van der Waals surface area contributed by atoms with Crippen molar-refractivity contribution >= 4 is 11.8 Å². The van der Waals surface area contributed by atoms with Crippen molar-refractivity contribution in [2.75, 3.05) is 0 Å². The molecule has 0 aromatic heterocycles. The fraction of sp³-hybridized carbons (Fsp3) is 0.176. The molecule has 3 heteroatoms. The van der Waals surface area contributed by atoms with Crippen molar-refractivity contribution in [1.29, 1.82) is 0 Å². The number of rotatable bonds is 3. The average Bonchev–Trinajstić information content (AvgIpc) is 2.38. The molecule has 0 bridgehead atoms. The van der Waals surface area contributed by atoms with Gasteiger partial charge in [-0.2, -0.15) is 0 Å². The van der Waals surface area contributed by atoms with Gasteiger partial charge in [0, 0.05) is 18.1 Å². The second-order valence-electron chi connectivity index (χ2n) is 4.72. The van der Waals surface area contributed by atoms with E-state index in [2.05, 4.69) is 0 Å². The zero-order valence-corrected chi connectivity index (χ0v) is 11.8. The maximum Gasteiger partial charge on any atom is 0.308 e. The summed E-state index contributed by atoms with van der Waals surface area (Å²) in [5.74, 6) is -0.0779. The summed E-state index contributed by atoms with van der Waals surface area (Å²) in [5, 5.41) is 0. The number of ether oxygens (including phenoxy) is 1. The first-order valence-corrected chi connectivity index (χ1v) is 6.38. The maximum atomic E-state index is 12.6. The molecule has 0 saturated heterocycles. The highest BCUT2D eigenvalue weighted by Crippen LogP contribution is 2.21. The highest BCUT2D eigenvalue weighted by Gasteiger charge is 2.15. The van der Waals surface area contributed by atoms with E-state index >= 15 is 0 Å². The van der Waals surface area contributed by atoms with Crippen LogP contribution in [0, 0.1) is 13.8 Å². The van der Waals surface area contributed by atoms with Gasteiger partial charge in [-0.1, -0.05) is 30.3 Å². The molecule has 2 rings (SSSR count). The number of aryl methyl sites for hydroxylation is 2. The van der Waals surface area contributed by atoms with Gasteiger partial charge >= 0.3 is 5.97 Å². The molecule has 0 amide bonds. The molecule has 0 N–H and O–H groups in total. The predicted octanol–water partition coefficient (Wildman–Crippen LogP) is 3.46. The van der Waals surface area contributed by atoms with Crippen molar-refractivity contribution in [1.82, 2.24) is 0 Å². The van der Waals surface area contributed by atoms with Crippen molar-refractivity contribution in [3.63, 3.8) is 0 Å². The van der Waals surface area contributed by atoms with Crippen LogP contribution >= 0.6 is 0 Å². The number of hydrogen-bond donors (Lipinski definition) is 0. The fourth-order valence-corrected chi connectivity index (χ4v) is 2.18. The molecule has 0 radical (unpaired) electrons. The molecular formula is C17H16O3. The number of ketones is 1.